The van der Waals surface area contributed by atoms with Gasteiger partial charge in [-0.15, -0.1) is 10.2 Å². The van der Waals surface area contributed by atoms with Crippen molar-refractivity contribution in [3.05, 3.63) is 64.7 Å². The second-order valence-electron chi connectivity index (χ2n) is 6.09. The van der Waals surface area contributed by atoms with E-state index in [9.17, 15) is 23.1 Å². The fourth-order valence-corrected chi connectivity index (χ4v) is 3.89. The lowest BCUT2D eigenvalue weighted by Gasteiger charge is -2.10. The third-order valence-electron chi connectivity index (χ3n) is 3.90. The van der Waals surface area contributed by atoms with Crippen LogP contribution in [0, 0.1) is 10.1 Å². The average Bonchev–Trinajstić information content (AvgIpc) is 2.65. The van der Waals surface area contributed by atoms with Crippen molar-refractivity contribution in [2.75, 3.05) is 6.26 Å². The number of sulfone groups is 1. The molecule has 11 nitrogen and oxygen atoms in total. The lowest BCUT2D eigenvalue weighted by atomic mass is 10.1. The Morgan fingerprint density at radius 1 is 1.00 bits per heavy atom. The van der Waals surface area contributed by atoms with Crippen LogP contribution in [0.25, 0.3) is 10.8 Å². The number of nitro benzene ring substituents is 1. The molecule has 156 valence electrons. The third-order valence-corrected chi connectivity index (χ3v) is 5.46. The maximum Gasteiger partial charge on any atom is 0.524 e. The molecule has 0 aromatic heterocycles. The summed E-state index contributed by atoms with van der Waals surface area (Å²) in [6, 6.07) is 12.3. The van der Waals surface area contributed by atoms with E-state index in [0.717, 1.165) is 18.4 Å². The zero-order chi connectivity index (χ0) is 22.1. The van der Waals surface area contributed by atoms with Crippen molar-refractivity contribution >= 4 is 45.5 Å². The van der Waals surface area contributed by atoms with Crippen LogP contribution in [0.1, 0.15) is 0 Å². The molecule has 0 aliphatic rings. The van der Waals surface area contributed by atoms with Crippen molar-refractivity contribution in [3.8, 4) is 5.75 Å². The van der Waals surface area contributed by atoms with Gasteiger partial charge in [0.2, 0.25) is 0 Å². The molecule has 3 rings (SSSR count). The molecule has 0 heterocycles. The van der Waals surface area contributed by atoms with E-state index in [2.05, 4.69) is 14.8 Å². The van der Waals surface area contributed by atoms with Crippen LogP contribution < -0.4 is 4.52 Å². The molecular weight excluding hydrogens is 437 g/mol. The lowest BCUT2D eigenvalue weighted by molar-refractivity contribution is -0.385. The first-order valence-corrected chi connectivity index (χ1v) is 11.5. The number of hydrogen-bond donors (Lipinski definition) is 2. The Bertz CT molecular complexity index is 1330. The number of benzene rings is 3. The van der Waals surface area contributed by atoms with Crippen molar-refractivity contribution in [2.45, 2.75) is 4.90 Å². The predicted octanol–water partition coefficient (Wildman–Crippen LogP) is 4.04. The Kier molecular flexibility index (Phi) is 5.68. The van der Waals surface area contributed by atoms with Crippen molar-refractivity contribution in [3.63, 3.8) is 0 Å². The highest BCUT2D eigenvalue weighted by atomic mass is 32.2. The summed E-state index contributed by atoms with van der Waals surface area (Å²) >= 11 is 0. The molecule has 0 saturated carbocycles. The maximum atomic E-state index is 12.0. The Morgan fingerprint density at radius 3 is 2.20 bits per heavy atom. The van der Waals surface area contributed by atoms with Gasteiger partial charge < -0.3 is 4.52 Å². The molecule has 2 N–H and O–H groups in total. The summed E-state index contributed by atoms with van der Waals surface area (Å²) in [5, 5.41) is 19.7. The SMILES string of the molecule is CS(=O)(=O)c1cc([N+](=O)[O-])ccc1N=Nc1ccc(OP(=O)(O)O)c2ccccc12. The molecule has 3 aromatic carbocycles. The molecule has 13 heteroatoms. The zero-order valence-electron chi connectivity index (χ0n) is 15.2. The summed E-state index contributed by atoms with van der Waals surface area (Å²) < 4.78 is 39.9. The van der Waals surface area contributed by atoms with Gasteiger partial charge in [0.05, 0.1) is 10.6 Å². The molecule has 0 aliphatic heterocycles. The molecule has 0 fully saturated rings. The molecule has 0 radical (unpaired) electrons. The molecule has 0 spiro atoms. The van der Waals surface area contributed by atoms with E-state index in [1.807, 2.05) is 0 Å². The van der Waals surface area contributed by atoms with E-state index in [1.165, 1.54) is 18.2 Å². The largest absolute Gasteiger partial charge is 0.524 e. The minimum Gasteiger partial charge on any atom is -0.404 e. The highest BCUT2D eigenvalue weighted by molar-refractivity contribution is 7.90. The van der Waals surface area contributed by atoms with Gasteiger partial charge in [-0.2, -0.15) is 0 Å². The van der Waals surface area contributed by atoms with Crippen LogP contribution in [-0.2, 0) is 14.4 Å². The van der Waals surface area contributed by atoms with Gasteiger partial charge >= 0.3 is 7.82 Å². The standard InChI is InChI=1S/C17H14N3O8PS/c1-30(26,27)17-10-11(20(21)22)6-7-15(17)19-18-14-8-9-16(28-29(23,24)25)13-5-3-2-4-12(13)14/h2-10H,1H3,(H2,23,24,25). The summed E-state index contributed by atoms with van der Waals surface area (Å²) in [6.07, 6.45) is 0.898. The van der Waals surface area contributed by atoms with Gasteiger partial charge in [0.1, 0.15) is 16.3 Å². The summed E-state index contributed by atoms with van der Waals surface area (Å²) in [5.41, 5.74) is -0.233. The Labute approximate surface area is 170 Å². The molecule has 0 bridgehead atoms. The number of phosphoric ester groups is 1. The number of rotatable bonds is 6. The molecular formula is C17H14N3O8PS. The Morgan fingerprint density at radius 2 is 1.60 bits per heavy atom. The van der Waals surface area contributed by atoms with Crippen molar-refractivity contribution in [1.82, 2.24) is 0 Å². The number of hydrogen-bond acceptors (Lipinski definition) is 8. The Hall–Kier alpha value is -3.18. The number of azo groups is 1. The van der Waals surface area contributed by atoms with E-state index >= 15 is 0 Å². The first-order valence-electron chi connectivity index (χ1n) is 8.13. The first-order chi connectivity index (χ1) is 14.0. The smallest absolute Gasteiger partial charge is 0.404 e. The van der Waals surface area contributed by atoms with Gasteiger partial charge in [-0.3, -0.25) is 19.9 Å². The second kappa shape index (κ2) is 7.92. The summed E-state index contributed by atoms with van der Waals surface area (Å²) in [5.74, 6) is -0.0648. The molecule has 0 amide bonds. The number of non-ortho nitro benzene ring substituents is 1. The van der Waals surface area contributed by atoms with Gasteiger partial charge in [-0.1, -0.05) is 24.3 Å². The van der Waals surface area contributed by atoms with E-state index in [-0.39, 0.29) is 22.0 Å². The van der Waals surface area contributed by atoms with Crippen LogP contribution in [0.2, 0.25) is 0 Å². The van der Waals surface area contributed by atoms with Crippen molar-refractivity contribution in [1.29, 1.82) is 0 Å². The number of nitro groups is 1. The highest BCUT2D eigenvalue weighted by Gasteiger charge is 2.20. The minimum absolute atomic E-state index is 0.0648. The summed E-state index contributed by atoms with van der Waals surface area (Å²) in [4.78, 5) is 28.0. The number of phosphoric acid groups is 1. The van der Waals surface area contributed by atoms with Crippen LogP contribution in [0.3, 0.4) is 0 Å². The van der Waals surface area contributed by atoms with E-state index in [0.29, 0.717) is 10.8 Å². The minimum atomic E-state index is -4.78. The van der Waals surface area contributed by atoms with Gasteiger partial charge in [0.25, 0.3) is 5.69 Å². The Balaban J connectivity index is 2.11. The highest BCUT2D eigenvalue weighted by Crippen LogP contribution is 2.43. The predicted molar refractivity (Wildman–Crippen MR) is 107 cm³/mol. The molecule has 0 saturated heterocycles. The topological polar surface area (TPSA) is 169 Å². The molecule has 0 atom stereocenters. The lowest BCUT2D eigenvalue weighted by Crippen LogP contribution is -1.99. The maximum absolute atomic E-state index is 12.0. The van der Waals surface area contributed by atoms with Gasteiger partial charge in [0, 0.05) is 29.2 Å². The van der Waals surface area contributed by atoms with E-state index < -0.39 is 28.3 Å². The van der Waals surface area contributed by atoms with Crippen molar-refractivity contribution < 1.29 is 32.2 Å². The third kappa shape index (κ3) is 4.86. The van der Waals surface area contributed by atoms with Gasteiger partial charge in [-0.25, -0.2) is 13.0 Å². The summed E-state index contributed by atoms with van der Waals surface area (Å²) in [7, 11) is -8.61. The second-order valence-corrected chi connectivity index (χ2v) is 9.24. The number of fused-ring (bicyclic) bond motifs is 1. The van der Waals surface area contributed by atoms with Gasteiger partial charge in [0.15, 0.2) is 9.84 Å². The molecule has 0 unspecified atom stereocenters. The average molecular weight is 451 g/mol. The van der Waals surface area contributed by atoms with Gasteiger partial charge in [-0.05, 0) is 18.2 Å². The zero-order valence-corrected chi connectivity index (χ0v) is 16.9. The fourth-order valence-electron chi connectivity index (χ4n) is 2.65. The quantitative estimate of drug-likeness (QED) is 0.245. The van der Waals surface area contributed by atoms with Crippen LogP contribution in [0.15, 0.2) is 69.7 Å². The van der Waals surface area contributed by atoms with E-state index in [1.54, 1.807) is 24.3 Å². The van der Waals surface area contributed by atoms with Crippen LogP contribution in [0.5, 0.6) is 5.75 Å². The first kappa shape index (κ1) is 21.5. The molecule has 3 aromatic rings. The molecule has 0 aliphatic carbocycles. The number of nitrogens with zero attached hydrogens (tertiary/aromatic N) is 3. The van der Waals surface area contributed by atoms with E-state index in [4.69, 9.17) is 9.79 Å². The normalized spacial score (nSPS) is 12.4. The molecule has 30 heavy (non-hydrogen) atoms. The van der Waals surface area contributed by atoms with Crippen LogP contribution >= 0.6 is 7.82 Å². The van der Waals surface area contributed by atoms with Crippen molar-refractivity contribution in [2.24, 2.45) is 10.2 Å². The fraction of sp³-hybridized carbons (Fsp3) is 0.0588. The van der Waals surface area contributed by atoms with Crippen LogP contribution in [0.4, 0.5) is 17.1 Å². The summed E-state index contributed by atoms with van der Waals surface area (Å²) in [6.45, 7) is 0. The van der Waals surface area contributed by atoms with Crippen LogP contribution in [-0.4, -0.2) is 29.4 Å². The monoisotopic (exact) mass is 451 g/mol.